The number of anilines is 1. The first-order chi connectivity index (χ1) is 13.0. The Morgan fingerprint density at radius 3 is 2.44 bits per heavy atom. The van der Waals surface area contributed by atoms with Gasteiger partial charge < -0.3 is 23.8 Å². The normalized spacial score (nSPS) is 18.4. The summed E-state index contributed by atoms with van der Waals surface area (Å²) >= 11 is 0. The van der Waals surface area contributed by atoms with E-state index >= 15 is 0 Å². The number of hydrogen-bond donors (Lipinski definition) is 0. The van der Waals surface area contributed by atoms with Crippen LogP contribution in [0.25, 0.3) is 0 Å². The van der Waals surface area contributed by atoms with E-state index in [2.05, 4.69) is 0 Å². The fourth-order valence-electron chi connectivity index (χ4n) is 2.99. The molecule has 0 spiro atoms. The van der Waals surface area contributed by atoms with Crippen molar-refractivity contribution in [3.05, 3.63) is 65.5 Å². The quantitative estimate of drug-likeness (QED) is 0.753. The first-order valence-corrected chi connectivity index (χ1v) is 8.43. The number of allylic oxidation sites excluding steroid dienone is 2. The van der Waals surface area contributed by atoms with Crippen LogP contribution in [-0.4, -0.2) is 39.4 Å². The predicted octanol–water partition coefficient (Wildman–Crippen LogP) is 2.40. The second-order valence-electron chi connectivity index (χ2n) is 6.01. The average Bonchev–Trinajstić information content (AvgIpc) is 3.03. The Morgan fingerprint density at radius 2 is 1.78 bits per heavy atom. The van der Waals surface area contributed by atoms with Gasteiger partial charge in [-0.2, -0.15) is 0 Å². The molecule has 1 saturated heterocycles. The van der Waals surface area contributed by atoms with Crippen molar-refractivity contribution < 1.29 is 28.5 Å². The van der Waals surface area contributed by atoms with Crippen molar-refractivity contribution in [1.82, 2.24) is 0 Å². The second-order valence-corrected chi connectivity index (χ2v) is 6.01. The van der Waals surface area contributed by atoms with Crippen LogP contribution in [0.5, 0.6) is 0 Å². The number of carbonyl (C=O) groups is 2. The molecule has 0 aromatic heterocycles. The second kappa shape index (κ2) is 7.77. The van der Waals surface area contributed by atoms with Crippen molar-refractivity contribution in [2.24, 2.45) is 0 Å². The summed E-state index contributed by atoms with van der Waals surface area (Å²) in [7, 11) is 2.52. The highest BCUT2D eigenvalue weighted by atomic mass is 16.7. The summed E-state index contributed by atoms with van der Waals surface area (Å²) in [6, 6.07) is 7.38. The standard InChI is InChI=1S/C20H21NO6/c1-20(26-11-12-27-20)14-7-6-8-15(13-14)21-10-5-4-9-16(18(22)24-2)17(21)19(23)25-3/h4-10,13H,11-12H2,1-3H3. The Kier molecular flexibility index (Phi) is 5.43. The zero-order valence-corrected chi connectivity index (χ0v) is 15.4. The third-order valence-electron chi connectivity index (χ3n) is 4.38. The third kappa shape index (κ3) is 3.65. The summed E-state index contributed by atoms with van der Waals surface area (Å²) in [4.78, 5) is 26.3. The minimum absolute atomic E-state index is 0.0601. The van der Waals surface area contributed by atoms with Crippen LogP contribution in [0.2, 0.25) is 0 Å². The maximum absolute atomic E-state index is 12.5. The van der Waals surface area contributed by atoms with Crippen molar-refractivity contribution in [3.63, 3.8) is 0 Å². The fraction of sp³-hybridized carbons (Fsp3) is 0.300. The number of benzene rings is 1. The van der Waals surface area contributed by atoms with Gasteiger partial charge in [0.2, 0.25) is 0 Å². The molecule has 7 heteroatoms. The Balaban J connectivity index is 2.11. The van der Waals surface area contributed by atoms with Crippen molar-refractivity contribution in [3.8, 4) is 0 Å². The van der Waals surface area contributed by atoms with Gasteiger partial charge in [0.15, 0.2) is 5.79 Å². The van der Waals surface area contributed by atoms with Crippen LogP contribution in [0, 0.1) is 0 Å². The summed E-state index contributed by atoms with van der Waals surface area (Å²) < 4.78 is 21.2. The molecule has 2 aliphatic heterocycles. The summed E-state index contributed by atoms with van der Waals surface area (Å²) in [6.45, 7) is 2.86. The maximum atomic E-state index is 12.5. The van der Waals surface area contributed by atoms with Gasteiger partial charge in [-0.05, 0) is 31.2 Å². The molecule has 142 valence electrons. The van der Waals surface area contributed by atoms with Gasteiger partial charge in [0, 0.05) is 17.5 Å². The Morgan fingerprint density at radius 1 is 1.07 bits per heavy atom. The molecule has 0 amide bonds. The lowest BCUT2D eigenvalue weighted by Crippen LogP contribution is -2.28. The SMILES string of the molecule is COC(=O)C1=C(C(=O)OC)N(c2cccc(C3(C)OCCO3)c2)C=CC=C1. The molecule has 0 saturated carbocycles. The van der Waals surface area contributed by atoms with E-state index in [4.69, 9.17) is 18.9 Å². The van der Waals surface area contributed by atoms with E-state index in [0.29, 0.717) is 18.9 Å². The molecule has 0 atom stereocenters. The Bertz CT molecular complexity index is 833. The Labute approximate surface area is 157 Å². The molecule has 2 aliphatic rings. The lowest BCUT2D eigenvalue weighted by atomic mass is 10.1. The molecule has 3 rings (SSSR count). The molecular formula is C20H21NO6. The van der Waals surface area contributed by atoms with Gasteiger partial charge in [-0.1, -0.05) is 18.2 Å². The number of ether oxygens (including phenoxy) is 4. The molecule has 0 radical (unpaired) electrons. The monoisotopic (exact) mass is 371 g/mol. The molecule has 0 bridgehead atoms. The summed E-state index contributed by atoms with van der Waals surface area (Å²) in [5.41, 5.74) is 1.60. The number of carbonyl (C=O) groups excluding carboxylic acids is 2. The van der Waals surface area contributed by atoms with E-state index in [0.717, 1.165) is 5.56 Å². The number of esters is 2. The third-order valence-corrected chi connectivity index (χ3v) is 4.38. The fourth-order valence-corrected chi connectivity index (χ4v) is 2.99. The summed E-state index contributed by atoms with van der Waals surface area (Å²) in [5.74, 6) is -2.15. The lowest BCUT2D eigenvalue weighted by molar-refractivity contribution is -0.149. The molecule has 1 aromatic carbocycles. The highest BCUT2D eigenvalue weighted by Gasteiger charge is 2.34. The van der Waals surface area contributed by atoms with Crippen LogP contribution < -0.4 is 4.90 Å². The Hall–Kier alpha value is -2.90. The number of hydrogen-bond acceptors (Lipinski definition) is 7. The minimum Gasteiger partial charge on any atom is -0.465 e. The van der Waals surface area contributed by atoms with Gasteiger partial charge in [0.1, 0.15) is 5.70 Å². The van der Waals surface area contributed by atoms with E-state index in [9.17, 15) is 9.59 Å². The molecule has 0 unspecified atom stereocenters. The van der Waals surface area contributed by atoms with Crippen molar-refractivity contribution in [2.75, 3.05) is 32.3 Å². The molecule has 1 fully saturated rings. The maximum Gasteiger partial charge on any atom is 0.355 e. The molecule has 2 heterocycles. The average molecular weight is 371 g/mol. The summed E-state index contributed by atoms with van der Waals surface area (Å²) in [6.07, 6.45) is 6.57. The van der Waals surface area contributed by atoms with Gasteiger partial charge in [0.05, 0.1) is 33.0 Å². The van der Waals surface area contributed by atoms with Crippen LogP contribution in [0.1, 0.15) is 12.5 Å². The van der Waals surface area contributed by atoms with Crippen LogP contribution in [0.15, 0.2) is 60.0 Å². The highest BCUT2D eigenvalue weighted by Crippen LogP contribution is 2.34. The molecule has 1 aromatic rings. The molecule has 27 heavy (non-hydrogen) atoms. The predicted molar refractivity (Wildman–Crippen MR) is 97.5 cm³/mol. The van der Waals surface area contributed by atoms with Crippen molar-refractivity contribution >= 4 is 17.6 Å². The molecule has 0 aliphatic carbocycles. The van der Waals surface area contributed by atoms with Crippen LogP contribution >= 0.6 is 0 Å². The van der Waals surface area contributed by atoms with E-state index in [1.54, 1.807) is 23.3 Å². The smallest absolute Gasteiger partial charge is 0.355 e. The molecule has 0 N–H and O–H groups in total. The van der Waals surface area contributed by atoms with Gasteiger partial charge in [-0.25, -0.2) is 9.59 Å². The number of nitrogens with zero attached hydrogens (tertiary/aromatic N) is 1. The van der Waals surface area contributed by atoms with Crippen molar-refractivity contribution in [2.45, 2.75) is 12.7 Å². The zero-order valence-electron chi connectivity index (χ0n) is 15.4. The number of rotatable bonds is 4. The van der Waals surface area contributed by atoms with Crippen molar-refractivity contribution in [1.29, 1.82) is 0 Å². The van der Waals surface area contributed by atoms with Gasteiger partial charge in [-0.15, -0.1) is 0 Å². The van der Waals surface area contributed by atoms with E-state index in [-0.39, 0.29) is 11.3 Å². The molecular weight excluding hydrogens is 350 g/mol. The first kappa shape index (κ1) is 18.9. The van der Waals surface area contributed by atoms with E-state index < -0.39 is 17.7 Å². The van der Waals surface area contributed by atoms with Crippen LogP contribution in [0.4, 0.5) is 5.69 Å². The number of methoxy groups -OCH3 is 2. The highest BCUT2D eigenvalue weighted by molar-refractivity contribution is 6.05. The van der Waals surface area contributed by atoms with E-state index in [1.165, 1.54) is 20.3 Å². The van der Waals surface area contributed by atoms with Crippen LogP contribution in [0.3, 0.4) is 0 Å². The minimum atomic E-state index is -0.857. The van der Waals surface area contributed by atoms with Gasteiger partial charge in [-0.3, -0.25) is 0 Å². The topological polar surface area (TPSA) is 74.3 Å². The lowest BCUT2D eigenvalue weighted by Gasteiger charge is -2.27. The van der Waals surface area contributed by atoms with Gasteiger partial charge >= 0.3 is 11.9 Å². The largest absolute Gasteiger partial charge is 0.465 e. The molecule has 7 nitrogen and oxygen atoms in total. The first-order valence-electron chi connectivity index (χ1n) is 8.43. The zero-order chi connectivity index (χ0) is 19.4. The summed E-state index contributed by atoms with van der Waals surface area (Å²) in [5, 5.41) is 0. The van der Waals surface area contributed by atoms with E-state index in [1.807, 2.05) is 31.2 Å². The van der Waals surface area contributed by atoms with Crippen LogP contribution in [-0.2, 0) is 34.3 Å². The van der Waals surface area contributed by atoms with Gasteiger partial charge in [0.25, 0.3) is 0 Å².